The number of carbonyl (C=O) groups excluding carboxylic acids is 1. The van der Waals surface area contributed by atoms with E-state index in [-0.39, 0.29) is 5.91 Å². The Kier molecular flexibility index (Phi) is 5.36. The summed E-state index contributed by atoms with van der Waals surface area (Å²) in [7, 11) is 1.65. The smallest absolute Gasteiger partial charge is 0.230 e. The van der Waals surface area contributed by atoms with Gasteiger partial charge in [0.15, 0.2) is 4.96 Å². The van der Waals surface area contributed by atoms with Gasteiger partial charge in [0.25, 0.3) is 0 Å². The molecule has 2 heterocycles. The van der Waals surface area contributed by atoms with Gasteiger partial charge in [0, 0.05) is 28.5 Å². The van der Waals surface area contributed by atoms with Crippen LogP contribution in [0.15, 0.2) is 60.1 Å². The van der Waals surface area contributed by atoms with Gasteiger partial charge < -0.3 is 10.1 Å². The molecule has 0 spiro atoms. The van der Waals surface area contributed by atoms with Crippen LogP contribution in [-0.4, -0.2) is 22.4 Å². The zero-order chi connectivity index (χ0) is 20.4. The van der Waals surface area contributed by atoms with Gasteiger partial charge >= 0.3 is 0 Å². The number of hydrogen-bond acceptors (Lipinski definition) is 4. The number of thiazole rings is 1. The molecule has 1 N–H and O–H groups in total. The summed E-state index contributed by atoms with van der Waals surface area (Å²) in [6.45, 7) is 4.31. The second-order valence-electron chi connectivity index (χ2n) is 7.24. The van der Waals surface area contributed by atoms with Crippen molar-refractivity contribution in [3.05, 3.63) is 71.4 Å². The fourth-order valence-corrected chi connectivity index (χ4v) is 4.07. The summed E-state index contributed by atoms with van der Waals surface area (Å²) in [6, 6.07) is 15.8. The second kappa shape index (κ2) is 8.09. The third-order valence-corrected chi connectivity index (χ3v) is 5.74. The average molecular weight is 406 g/mol. The number of imidazole rings is 1. The molecule has 0 atom stereocenters. The number of amides is 1. The maximum absolute atomic E-state index is 12.5. The largest absolute Gasteiger partial charge is 0.497 e. The first kappa shape index (κ1) is 19.2. The van der Waals surface area contributed by atoms with E-state index >= 15 is 0 Å². The van der Waals surface area contributed by atoms with Crippen LogP contribution in [0.25, 0.3) is 16.2 Å². The molecule has 0 unspecified atom stereocenters. The van der Waals surface area contributed by atoms with Crippen LogP contribution in [0.4, 0.5) is 5.69 Å². The highest BCUT2D eigenvalue weighted by Crippen LogP contribution is 2.26. The summed E-state index contributed by atoms with van der Waals surface area (Å²) in [5, 5.41) is 4.97. The molecule has 5 nitrogen and oxygen atoms in total. The van der Waals surface area contributed by atoms with Crippen molar-refractivity contribution in [1.29, 1.82) is 0 Å². The number of carbonyl (C=O) groups is 1. The molecule has 4 rings (SSSR count). The number of ether oxygens (including phenoxy) is 1. The van der Waals surface area contributed by atoms with Gasteiger partial charge in [-0.2, -0.15) is 0 Å². The van der Waals surface area contributed by atoms with Crippen LogP contribution in [0.5, 0.6) is 5.75 Å². The zero-order valence-electron chi connectivity index (χ0n) is 16.7. The van der Waals surface area contributed by atoms with Crippen molar-refractivity contribution in [3.63, 3.8) is 0 Å². The Balaban J connectivity index is 1.50. The van der Waals surface area contributed by atoms with E-state index in [0.29, 0.717) is 12.3 Å². The Morgan fingerprint density at radius 3 is 2.72 bits per heavy atom. The molecule has 0 bridgehead atoms. The normalized spacial score (nSPS) is 11.2. The molecule has 0 fully saturated rings. The fourth-order valence-electron chi connectivity index (χ4n) is 3.20. The topological polar surface area (TPSA) is 55.6 Å². The van der Waals surface area contributed by atoms with Crippen molar-refractivity contribution in [3.8, 4) is 17.0 Å². The van der Waals surface area contributed by atoms with Crippen molar-refractivity contribution in [2.75, 3.05) is 12.4 Å². The number of fused-ring (bicyclic) bond motifs is 1. The molecule has 29 heavy (non-hydrogen) atoms. The Hall–Kier alpha value is -3.12. The molecular weight excluding hydrogens is 382 g/mol. The number of benzene rings is 2. The van der Waals surface area contributed by atoms with Gasteiger partial charge in [-0.25, -0.2) is 4.98 Å². The van der Waals surface area contributed by atoms with E-state index < -0.39 is 0 Å². The van der Waals surface area contributed by atoms with Gasteiger partial charge in [-0.15, -0.1) is 11.3 Å². The Morgan fingerprint density at radius 1 is 1.21 bits per heavy atom. The lowest BCUT2D eigenvalue weighted by Crippen LogP contribution is -2.15. The van der Waals surface area contributed by atoms with E-state index in [1.54, 1.807) is 7.11 Å². The molecule has 1 amide bonds. The van der Waals surface area contributed by atoms with Crippen molar-refractivity contribution >= 4 is 27.9 Å². The molecule has 2 aromatic carbocycles. The fraction of sp³-hybridized carbons (Fsp3) is 0.217. The molecule has 0 aliphatic rings. The standard InChI is InChI=1S/C23H23N3O2S/c1-15(2)16-7-9-18(10-8-16)24-22(27)12-19-14-29-23-25-21(13-26(19)23)17-5-4-6-20(11-17)28-3/h4-11,13-15H,12H2,1-3H3,(H,24,27). The molecule has 0 saturated carbocycles. The van der Waals surface area contributed by atoms with Gasteiger partial charge in [0.05, 0.1) is 19.2 Å². The van der Waals surface area contributed by atoms with E-state index in [1.165, 1.54) is 16.9 Å². The predicted octanol–water partition coefficient (Wildman–Crippen LogP) is 5.38. The molecule has 4 aromatic rings. The first-order chi connectivity index (χ1) is 14.0. The summed E-state index contributed by atoms with van der Waals surface area (Å²) in [6.07, 6.45) is 2.26. The van der Waals surface area contributed by atoms with E-state index in [9.17, 15) is 4.79 Å². The van der Waals surface area contributed by atoms with Crippen LogP contribution in [0.1, 0.15) is 31.0 Å². The SMILES string of the molecule is COc1cccc(-c2cn3c(CC(=O)Nc4ccc(C(C)C)cc4)csc3n2)c1. The number of aromatic nitrogens is 2. The van der Waals surface area contributed by atoms with Crippen LogP contribution in [-0.2, 0) is 11.2 Å². The monoisotopic (exact) mass is 405 g/mol. The first-order valence-corrected chi connectivity index (χ1v) is 10.4. The highest BCUT2D eigenvalue weighted by Gasteiger charge is 2.13. The molecular formula is C23H23N3O2S. The third kappa shape index (κ3) is 4.17. The number of nitrogens with zero attached hydrogens (tertiary/aromatic N) is 2. The zero-order valence-corrected chi connectivity index (χ0v) is 17.5. The lowest BCUT2D eigenvalue weighted by Gasteiger charge is -2.08. The Labute approximate surface area is 174 Å². The van der Waals surface area contributed by atoms with Crippen molar-refractivity contribution in [2.45, 2.75) is 26.2 Å². The van der Waals surface area contributed by atoms with Crippen LogP contribution >= 0.6 is 11.3 Å². The van der Waals surface area contributed by atoms with Crippen LogP contribution in [0, 0.1) is 0 Å². The minimum absolute atomic E-state index is 0.0429. The molecule has 0 radical (unpaired) electrons. The van der Waals surface area contributed by atoms with Crippen molar-refractivity contribution in [2.24, 2.45) is 0 Å². The summed E-state index contributed by atoms with van der Waals surface area (Å²) in [5.74, 6) is 1.22. The van der Waals surface area contributed by atoms with E-state index in [0.717, 1.165) is 33.3 Å². The Morgan fingerprint density at radius 2 is 2.00 bits per heavy atom. The van der Waals surface area contributed by atoms with Crippen LogP contribution < -0.4 is 10.1 Å². The quantitative estimate of drug-likeness (QED) is 0.469. The number of anilines is 1. The average Bonchev–Trinajstić information content (AvgIpc) is 3.30. The molecule has 0 aliphatic carbocycles. The molecule has 148 valence electrons. The number of methoxy groups -OCH3 is 1. The first-order valence-electron chi connectivity index (χ1n) is 9.53. The van der Waals surface area contributed by atoms with Gasteiger partial charge in [-0.05, 0) is 35.7 Å². The van der Waals surface area contributed by atoms with E-state index in [1.807, 2.05) is 52.4 Å². The predicted molar refractivity (Wildman–Crippen MR) is 118 cm³/mol. The number of rotatable bonds is 6. The van der Waals surface area contributed by atoms with Gasteiger partial charge in [-0.1, -0.05) is 38.1 Å². The van der Waals surface area contributed by atoms with Crippen LogP contribution in [0.3, 0.4) is 0 Å². The number of hydrogen-bond donors (Lipinski definition) is 1. The summed E-state index contributed by atoms with van der Waals surface area (Å²) in [4.78, 5) is 18.1. The molecule has 6 heteroatoms. The lowest BCUT2D eigenvalue weighted by atomic mass is 10.0. The van der Waals surface area contributed by atoms with Crippen molar-refractivity contribution < 1.29 is 9.53 Å². The third-order valence-electron chi connectivity index (χ3n) is 4.85. The summed E-state index contributed by atoms with van der Waals surface area (Å²) in [5.41, 5.74) is 4.84. The van der Waals surface area contributed by atoms with Gasteiger partial charge in [0.2, 0.25) is 5.91 Å². The van der Waals surface area contributed by atoms with E-state index in [4.69, 9.17) is 9.72 Å². The van der Waals surface area contributed by atoms with E-state index in [2.05, 4.69) is 31.3 Å². The van der Waals surface area contributed by atoms with Gasteiger partial charge in [0.1, 0.15) is 5.75 Å². The minimum Gasteiger partial charge on any atom is -0.497 e. The minimum atomic E-state index is -0.0429. The number of nitrogens with one attached hydrogen (secondary N) is 1. The molecule has 0 saturated heterocycles. The maximum atomic E-state index is 12.5. The second-order valence-corrected chi connectivity index (χ2v) is 8.08. The lowest BCUT2D eigenvalue weighted by molar-refractivity contribution is -0.115. The van der Waals surface area contributed by atoms with Gasteiger partial charge in [-0.3, -0.25) is 9.20 Å². The summed E-state index contributed by atoms with van der Waals surface area (Å²) >= 11 is 1.53. The highest BCUT2D eigenvalue weighted by molar-refractivity contribution is 7.15. The van der Waals surface area contributed by atoms with Crippen molar-refractivity contribution in [1.82, 2.24) is 9.38 Å². The molecule has 2 aromatic heterocycles. The molecule has 0 aliphatic heterocycles. The summed E-state index contributed by atoms with van der Waals surface area (Å²) < 4.78 is 7.29. The van der Waals surface area contributed by atoms with Crippen LogP contribution in [0.2, 0.25) is 0 Å². The maximum Gasteiger partial charge on any atom is 0.230 e. The Bertz CT molecular complexity index is 1140. The highest BCUT2D eigenvalue weighted by atomic mass is 32.1.